The third-order valence-corrected chi connectivity index (χ3v) is 4.23. The van der Waals surface area contributed by atoms with E-state index in [9.17, 15) is 4.79 Å². The molecule has 0 fully saturated rings. The van der Waals surface area contributed by atoms with Crippen LogP contribution < -0.4 is 0 Å². The van der Waals surface area contributed by atoms with Gasteiger partial charge < -0.3 is 5.11 Å². The maximum Gasteiger partial charge on any atom is 0.311 e. The molecule has 1 N–H and O–H groups in total. The summed E-state index contributed by atoms with van der Waals surface area (Å²) in [5.74, 6) is -1.18. The lowest BCUT2D eigenvalue weighted by molar-refractivity contribution is -0.138. The molecular weight excluding hydrogens is 274 g/mol. The van der Waals surface area contributed by atoms with Crippen LogP contribution in [0.25, 0.3) is 11.3 Å². The van der Waals surface area contributed by atoms with Gasteiger partial charge in [-0.2, -0.15) is 0 Å². The zero-order chi connectivity index (χ0) is 14.3. The average molecular weight is 288 g/mol. The average Bonchev–Trinajstić information content (AvgIpc) is 2.85. The molecule has 0 bridgehead atoms. The highest BCUT2D eigenvalue weighted by Gasteiger charge is 2.29. The fourth-order valence-corrected chi connectivity index (χ4v) is 2.82. The summed E-state index contributed by atoms with van der Waals surface area (Å²) in [5.41, 5.74) is 4.58. The second kappa shape index (κ2) is 4.91. The molecule has 3 nitrogen and oxygen atoms in total. The second-order valence-electron chi connectivity index (χ2n) is 5.13. The van der Waals surface area contributed by atoms with E-state index in [1.807, 2.05) is 37.3 Å². The van der Waals surface area contributed by atoms with Gasteiger partial charge in [0.25, 0.3) is 0 Å². The maximum atomic E-state index is 11.2. The van der Waals surface area contributed by atoms with Gasteiger partial charge in [0.2, 0.25) is 0 Å². The molecule has 4 heteroatoms. The van der Waals surface area contributed by atoms with E-state index in [0.29, 0.717) is 11.4 Å². The highest BCUT2D eigenvalue weighted by Crippen LogP contribution is 2.34. The molecule has 1 heterocycles. The SMILES string of the molecule is Cc1ccc(-c2ccc3c(n2)CCC3C(=O)O)cc1Cl. The number of hydrogen-bond acceptors (Lipinski definition) is 2. The molecule has 1 aliphatic rings. The lowest BCUT2D eigenvalue weighted by Gasteiger charge is -2.08. The Morgan fingerprint density at radius 2 is 2.15 bits per heavy atom. The van der Waals surface area contributed by atoms with Gasteiger partial charge in [-0.1, -0.05) is 29.8 Å². The number of halogens is 1. The van der Waals surface area contributed by atoms with Gasteiger partial charge >= 0.3 is 5.97 Å². The molecule has 20 heavy (non-hydrogen) atoms. The van der Waals surface area contributed by atoms with Crippen molar-refractivity contribution in [2.75, 3.05) is 0 Å². The molecule has 0 saturated carbocycles. The summed E-state index contributed by atoms with van der Waals surface area (Å²) in [6, 6.07) is 9.61. The van der Waals surface area contributed by atoms with Crippen molar-refractivity contribution in [2.45, 2.75) is 25.7 Å². The Morgan fingerprint density at radius 1 is 1.35 bits per heavy atom. The van der Waals surface area contributed by atoms with Gasteiger partial charge in [0.1, 0.15) is 0 Å². The van der Waals surface area contributed by atoms with Gasteiger partial charge in [0, 0.05) is 16.3 Å². The molecular formula is C16H14ClNO2. The predicted molar refractivity (Wildman–Crippen MR) is 78.1 cm³/mol. The molecule has 1 atom stereocenters. The van der Waals surface area contributed by atoms with Crippen LogP contribution in [-0.4, -0.2) is 16.1 Å². The van der Waals surface area contributed by atoms with Gasteiger partial charge in [0.15, 0.2) is 0 Å². The van der Waals surface area contributed by atoms with Crippen LogP contribution in [0.15, 0.2) is 30.3 Å². The quantitative estimate of drug-likeness (QED) is 0.913. The summed E-state index contributed by atoms with van der Waals surface area (Å²) in [6.07, 6.45) is 1.36. The number of rotatable bonds is 2. The van der Waals surface area contributed by atoms with Gasteiger partial charge in [-0.05, 0) is 43.0 Å². The van der Waals surface area contributed by atoms with Crippen LogP contribution in [0.3, 0.4) is 0 Å². The standard InChI is InChI=1S/C16H14ClNO2/c1-9-2-3-10(8-13(9)17)14-6-4-11-12(16(19)20)5-7-15(11)18-14/h2-4,6,8,12H,5,7H2,1H3,(H,19,20). The molecule has 1 aromatic carbocycles. The smallest absolute Gasteiger partial charge is 0.311 e. The van der Waals surface area contributed by atoms with Crippen LogP contribution in [0.5, 0.6) is 0 Å². The zero-order valence-corrected chi connectivity index (χ0v) is 11.8. The summed E-state index contributed by atoms with van der Waals surface area (Å²) < 4.78 is 0. The molecule has 0 radical (unpaired) electrons. The van der Waals surface area contributed by atoms with Crippen molar-refractivity contribution in [1.82, 2.24) is 4.98 Å². The summed E-state index contributed by atoms with van der Waals surface area (Å²) in [7, 11) is 0. The van der Waals surface area contributed by atoms with Crippen molar-refractivity contribution in [3.63, 3.8) is 0 Å². The molecule has 1 aromatic heterocycles. The van der Waals surface area contributed by atoms with E-state index in [1.165, 1.54) is 0 Å². The van der Waals surface area contributed by atoms with Crippen molar-refractivity contribution in [3.8, 4) is 11.3 Å². The molecule has 0 aliphatic heterocycles. The minimum atomic E-state index is -0.767. The number of aryl methyl sites for hydroxylation is 2. The van der Waals surface area contributed by atoms with Crippen LogP contribution in [0, 0.1) is 6.92 Å². The number of hydrogen-bond donors (Lipinski definition) is 1. The second-order valence-corrected chi connectivity index (χ2v) is 5.53. The van der Waals surface area contributed by atoms with Crippen molar-refractivity contribution < 1.29 is 9.90 Å². The first-order valence-corrected chi connectivity index (χ1v) is 6.93. The lowest BCUT2D eigenvalue weighted by atomic mass is 10.0. The van der Waals surface area contributed by atoms with Crippen LogP contribution in [0.1, 0.15) is 29.2 Å². The number of nitrogens with zero attached hydrogens (tertiary/aromatic N) is 1. The van der Waals surface area contributed by atoms with Gasteiger partial charge in [-0.15, -0.1) is 0 Å². The maximum absolute atomic E-state index is 11.2. The number of aliphatic carboxylic acids is 1. The molecule has 1 aliphatic carbocycles. The monoisotopic (exact) mass is 287 g/mol. The molecule has 3 rings (SSSR count). The Hall–Kier alpha value is -1.87. The molecule has 0 saturated heterocycles. The first kappa shape index (κ1) is 13.1. The van der Waals surface area contributed by atoms with Crippen LogP contribution >= 0.6 is 11.6 Å². The lowest BCUT2D eigenvalue weighted by Crippen LogP contribution is -2.07. The predicted octanol–water partition coefficient (Wildman–Crippen LogP) is 3.82. The van der Waals surface area contributed by atoms with Crippen molar-refractivity contribution >= 4 is 17.6 Å². The molecule has 1 unspecified atom stereocenters. The highest BCUT2D eigenvalue weighted by molar-refractivity contribution is 6.31. The Morgan fingerprint density at radius 3 is 2.85 bits per heavy atom. The Labute approximate surface area is 122 Å². The van der Waals surface area contributed by atoms with E-state index >= 15 is 0 Å². The number of carboxylic acids is 1. The number of aromatic nitrogens is 1. The summed E-state index contributed by atoms with van der Waals surface area (Å²) in [5, 5.41) is 9.88. The van der Waals surface area contributed by atoms with E-state index in [1.54, 1.807) is 0 Å². The topological polar surface area (TPSA) is 50.2 Å². The summed E-state index contributed by atoms with van der Waals surface area (Å²) in [4.78, 5) is 15.8. The molecule has 102 valence electrons. The first-order valence-electron chi connectivity index (χ1n) is 6.55. The number of carboxylic acid groups (broad SMARTS) is 1. The Bertz CT molecular complexity index is 697. The van der Waals surface area contributed by atoms with Gasteiger partial charge in [-0.25, -0.2) is 0 Å². The number of pyridine rings is 1. The number of carbonyl (C=O) groups is 1. The Balaban J connectivity index is 2.01. The third kappa shape index (κ3) is 2.18. The molecule has 0 amide bonds. The molecule has 0 spiro atoms. The summed E-state index contributed by atoms with van der Waals surface area (Å²) >= 11 is 6.14. The van der Waals surface area contributed by atoms with Crippen LogP contribution in [-0.2, 0) is 11.2 Å². The first-order chi connectivity index (χ1) is 9.56. The van der Waals surface area contributed by atoms with Crippen molar-refractivity contribution in [3.05, 3.63) is 52.2 Å². The van der Waals surface area contributed by atoms with E-state index in [4.69, 9.17) is 16.7 Å². The Kier molecular flexibility index (Phi) is 3.22. The van der Waals surface area contributed by atoms with E-state index in [0.717, 1.165) is 34.5 Å². The van der Waals surface area contributed by atoms with Crippen LogP contribution in [0.2, 0.25) is 5.02 Å². The summed E-state index contributed by atoms with van der Waals surface area (Å²) in [6.45, 7) is 1.96. The highest BCUT2D eigenvalue weighted by atomic mass is 35.5. The van der Waals surface area contributed by atoms with E-state index < -0.39 is 11.9 Å². The van der Waals surface area contributed by atoms with E-state index in [-0.39, 0.29) is 0 Å². The van der Waals surface area contributed by atoms with Crippen LogP contribution in [0.4, 0.5) is 0 Å². The van der Waals surface area contributed by atoms with Crippen molar-refractivity contribution in [2.24, 2.45) is 0 Å². The van der Waals surface area contributed by atoms with Gasteiger partial charge in [0.05, 0.1) is 11.6 Å². The zero-order valence-electron chi connectivity index (χ0n) is 11.1. The molecule has 2 aromatic rings. The van der Waals surface area contributed by atoms with Gasteiger partial charge in [-0.3, -0.25) is 9.78 Å². The third-order valence-electron chi connectivity index (χ3n) is 3.82. The largest absolute Gasteiger partial charge is 0.481 e. The minimum absolute atomic E-state index is 0.409. The van der Waals surface area contributed by atoms with E-state index in [2.05, 4.69) is 4.98 Å². The fraction of sp³-hybridized carbons (Fsp3) is 0.250. The van der Waals surface area contributed by atoms with Crippen molar-refractivity contribution in [1.29, 1.82) is 0 Å². The fourth-order valence-electron chi connectivity index (χ4n) is 2.64. The normalized spacial score (nSPS) is 17.0. The number of fused-ring (bicyclic) bond motifs is 1. The number of benzene rings is 1. The minimum Gasteiger partial charge on any atom is -0.481 e.